The van der Waals surface area contributed by atoms with E-state index in [0.717, 1.165) is 47.4 Å². The van der Waals surface area contributed by atoms with E-state index in [-0.39, 0.29) is 42.4 Å². The minimum atomic E-state index is -0.00192. The molecular weight excluding hydrogens is 480 g/mol. The molecule has 0 radical (unpaired) electrons. The summed E-state index contributed by atoms with van der Waals surface area (Å²) < 4.78 is 35.0. The van der Waals surface area contributed by atoms with Gasteiger partial charge in [0, 0.05) is 30.8 Å². The van der Waals surface area contributed by atoms with Crippen molar-refractivity contribution < 1.29 is 23.4 Å². The SMILES string of the molecule is CC[OH+]c1c(C)c2c([o+]/c1=C(\C)CC)C(C)C1[OH+]C3C(C)C4[OH+]C(CC)C(CC)C(C)C4[OH+]C3C(C)C1[O+]=2. The largest absolute Gasteiger partial charge is 0.576 e. The number of aliphatic hydroxyl groups is 7. The smallest absolute Gasteiger partial charge is 0.455 e. The van der Waals surface area contributed by atoms with Crippen LogP contribution in [0.15, 0.2) is 8.84 Å². The van der Waals surface area contributed by atoms with Gasteiger partial charge in [-0.3, -0.25) is 0 Å². The molecule has 5 rings (SSSR count). The van der Waals surface area contributed by atoms with Gasteiger partial charge in [0.25, 0.3) is 6.10 Å². The number of hydrogen-bond acceptors (Lipinski definition) is 0. The molecule has 1 aromatic heterocycles. The van der Waals surface area contributed by atoms with Crippen molar-refractivity contribution in [2.75, 3.05) is 6.61 Å². The molecule has 0 amide bonds. The van der Waals surface area contributed by atoms with Crippen LogP contribution in [-0.4, -0.2) is 68.3 Å². The molecule has 6 nitrogen and oxygen atoms in total. The van der Waals surface area contributed by atoms with Crippen LogP contribution >= 0.6 is 0 Å². The lowest BCUT2D eigenvalue weighted by Gasteiger charge is -2.49. The van der Waals surface area contributed by atoms with Crippen LogP contribution in [0.2, 0.25) is 0 Å². The maximum absolute atomic E-state index is 6.89. The minimum absolute atomic E-state index is 0.00192. The molecule has 3 fully saturated rings. The summed E-state index contributed by atoms with van der Waals surface area (Å²) in [6, 6.07) is 0. The Hall–Kier alpha value is -1.50. The van der Waals surface area contributed by atoms with Crippen LogP contribution in [0.5, 0.6) is 5.75 Å². The number of hydrogen-bond donors (Lipinski definition) is 0. The van der Waals surface area contributed by atoms with Crippen LogP contribution in [0.3, 0.4) is 0 Å². The predicted octanol–water partition coefficient (Wildman–Crippen LogP) is 3.99. The van der Waals surface area contributed by atoms with E-state index < -0.39 is 0 Å². The average Bonchev–Trinajstić information content (AvgIpc) is 2.91. The Morgan fingerprint density at radius 3 is 2.08 bits per heavy atom. The molecule has 4 N–H and O–H groups in total. The van der Waals surface area contributed by atoms with Crippen molar-refractivity contribution in [1.29, 1.82) is 0 Å². The fourth-order valence-corrected chi connectivity index (χ4v) is 8.11. The van der Waals surface area contributed by atoms with Crippen molar-refractivity contribution in [2.24, 2.45) is 23.7 Å². The fraction of sp³-hybridized carbons (Fsp3) is 0.812. The van der Waals surface area contributed by atoms with Gasteiger partial charge in [-0.15, -0.1) is 0 Å². The molecule has 4 aliphatic heterocycles. The zero-order valence-electron chi connectivity index (χ0n) is 25.4. The normalized spacial score (nSPS) is 42.7. The second kappa shape index (κ2) is 10.8. The van der Waals surface area contributed by atoms with Crippen molar-refractivity contribution in [3.63, 3.8) is 0 Å². The predicted molar refractivity (Wildman–Crippen MR) is 154 cm³/mol. The molecule has 0 spiro atoms. The molecule has 212 valence electrons. The lowest BCUT2D eigenvalue weighted by atomic mass is 9.70. The molecule has 0 bridgehead atoms. The van der Waals surface area contributed by atoms with Gasteiger partial charge in [-0.25, -0.2) is 4.42 Å². The summed E-state index contributed by atoms with van der Waals surface area (Å²) in [6.45, 7) is 23.3. The first kappa shape index (κ1) is 28.0. The van der Waals surface area contributed by atoms with Crippen LogP contribution in [0, 0.1) is 30.6 Å². The average molecular weight is 535 g/mol. The molecule has 12 atom stereocenters. The third-order valence-corrected chi connectivity index (χ3v) is 10.6. The fourth-order valence-electron chi connectivity index (χ4n) is 8.11. The third kappa shape index (κ3) is 4.25. The zero-order valence-corrected chi connectivity index (χ0v) is 25.4. The van der Waals surface area contributed by atoms with E-state index in [4.69, 9.17) is 27.8 Å². The van der Waals surface area contributed by atoms with E-state index >= 15 is 0 Å². The lowest BCUT2D eigenvalue weighted by molar-refractivity contribution is -0.422. The molecule has 6 heteroatoms. The number of rotatable bonds is 5. The Kier molecular flexibility index (Phi) is 7.98. The highest BCUT2D eigenvalue weighted by Gasteiger charge is 2.71. The van der Waals surface area contributed by atoms with E-state index in [0.29, 0.717) is 30.0 Å². The molecule has 12 unspecified atom stereocenters. The first-order valence-corrected chi connectivity index (χ1v) is 15.5. The van der Waals surface area contributed by atoms with Crippen LogP contribution in [0.1, 0.15) is 98.8 Å². The standard InChI is InChI=1S/C32H50O6/c1-11-15(5)23-24(33-14-4)17(7)27-28(35-23)19(9)31-32(37-27)20(10)30-29(38-31)18(8)26-25(36-30)16(6)21(12-2)22(13-3)34-26/h16,18-22,25-26,29-32H,11-14H2,1-10H3/q+2/p+4/b23-15+. The quantitative estimate of drug-likeness (QED) is 0.527. The maximum Gasteiger partial charge on any atom is 0.455 e. The summed E-state index contributed by atoms with van der Waals surface area (Å²) in [6.07, 6.45) is 4.68. The van der Waals surface area contributed by atoms with Crippen LogP contribution in [0.4, 0.5) is 0 Å². The van der Waals surface area contributed by atoms with Crippen molar-refractivity contribution in [3.8, 4) is 5.75 Å². The number of fused-ring (bicyclic) bond motifs is 4. The Balaban J connectivity index is 1.55. The summed E-state index contributed by atoms with van der Waals surface area (Å²) in [5.41, 5.74) is 4.12. The van der Waals surface area contributed by atoms with Crippen molar-refractivity contribution in [3.05, 3.63) is 26.6 Å². The Labute approximate surface area is 228 Å². The first-order chi connectivity index (χ1) is 18.2. The van der Waals surface area contributed by atoms with Gasteiger partial charge in [0.2, 0.25) is 24.4 Å². The van der Waals surface area contributed by atoms with Gasteiger partial charge in [-0.2, -0.15) is 4.42 Å². The third-order valence-electron chi connectivity index (χ3n) is 10.6. The summed E-state index contributed by atoms with van der Waals surface area (Å²) in [5, 5.41) is 0. The summed E-state index contributed by atoms with van der Waals surface area (Å²) in [4.78, 5) is 0. The lowest BCUT2D eigenvalue weighted by Crippen LogP contribution is -2.71. The van der Waals surface area contributed by atoms with Crippen molar-refractivity contribution in [1.82, 2.24) is 0 Å². The first-order valence-electron chi connectivity index (χ1n) is 15.5. The monoisotopic (exact) mass is 534 g/mol. The summed E-state index contributed by atoms with van der Waals surface area (Å²) in [7, 11) is 0. The number of ether oxygens (including phenoxy) is 4. The minimum Gasteiger partial charge on any atom is -0.576 e. The molecule has 0 saturated carbocycles. The molecule has 4 aliphatic rings. The van der Waals surface area contributed by atoms with E-state index in [1.54, 1.807) is 0 Å². The van der Waals surface area contributed by atoms with Gasteiger partial charge in [0.1, 0.15) is 11.8 Å². The highest BCUT2D eigenvalue weighted by atomic mass is 16.6. The maximum atomic E-state index is 6.89. The van der Waals surface area contributed by atoms with Gasteiger partial charge in [-0.1, -0.05) is 27.7 Å². The molecule has 0 aliphatic carbocycles. The molecule has 1 aromatic rings. The van der Waals surface area contributed by atoms with Gasteiger partial charge in [0.05, 0.1) is 0 Å². The Bertz CT molecular complexity index is 1150. The van der Waals surface area contributed by atoms with Gasteiger partial charge < -0.3 is 18.9 Å². The molecule has 0 aromatic carbocycles. The second-order valence-corrected chi connectivity index (χ2v) is 12.6. The summed E-state index contributed by atoms with van der Waals surface area (Å²) in [5.74, 6) is 3.88. The molecule has 5 heterocycles. The van der Waals surface area contributed by atoms with E-state index in [9.17, 15) is 0 Å². The Morgan fingerprint density at radius 1 is 0.816 bits per heavy atom. The summed E-state index contributed by atoms with van der Waals surface area (Å²) >= 11 is 0. The highest BCUT2D eigenvalue weighted by molar-refractivity contribution is 5.46. The molecular formula is C32H54O6+6. The van der Waals surface area contributed by atoms with Crippen LogP contribution in [0.25, 0.3) is 5.57 Å². The van der Waals surface area contributed by atoms with E-state index in [1.807, 2.05) is 0 Å². The topological polar surface area (TPSA) is 73.8 Å². The molecule has 3 saturated heterocycles. The highest BCUT2D eigenvalue weighted by Crippen LogP contribution is 2.46. The van der Waals surface area contributed by atoms with E-state index in [1.165, 1.54) is 12.0 Å². The van der Waals surface area contributed by atoms with Crippen molar-refractivity contribution in [2.45, 2.75) is 137 Å². The van der Waals surface area contributed by atoms with Crippen molar-refractivity contribution >= 4 is 5.57 Å². The Morgan fingerprint density at radius 2 is 1.45 bits per heavy atom. The number of aromatic hydroxyl groups is 1. The van der Waals surface area contributed by atoms with Gasteiger partial charge in [0.15, 0.2) is 24.2 Å². The zero-order chi connectivity index (χ0) is 27.5. The molecule has 38 heavy (non-hydrogen) atoms. The van der Waals surface area contributed by atoms with Gasteiger partial charge >= 0.3 is 28.5 Å². The van der Waals surface area contributed by atoms with Gasteiger partial charge in [-0.05, 0) is 47.5 Å². The van der Waals surface area contributed by atoms with Crippen LogP contribution in [-0.2, 0) is 0 Å². The second-order valence-electron chi connectivity index (χ2n) is 12.6. The van der Waals surface area contributed by atoms with E-state index in [2.05, 4.69) is 69.2 Å². The van der Waals surface area contributed by atoms with Crippen LogP contribution < -0.4 is 10.8 Å².